The Balaban J connectivity index is 2.58. The van der Waals surface area contributed by atoms with Crippen molar-refractivity contribution in [2.24, 2.45) is 4.67 Å². The molecule has 0 fully saturated rings. The van der Waals surface area contributed by atoms with Crippen LogP contribution < -0.4 is 15.3 Å². The molecule has 0 aromatic heterocycles. The summed E-state index contributed by atoms with van der Waals surface area (Å²) in [6.07, 6.45) is -0.0998. The third-order valence-electron chi connectivity index (χ3n) is 1.93. The molecule has 2 N–H and O–H groups in total. The zero-order valence-electron chi connectivity index (χ0n) is 9.83. The first-order valence-corrected chi connectivity index (χ1v) is 5.71. The van der Waals surface area contributed by atoms with Crippen LogP contribution >= 0.6 is 9.39 Å². The van der Waals surface area contributed by atoms with Crippen LogP contribution in [0.5, 0.6) is 5.75 Å². The van der Waals surface area contributed by atoms with Gasteiger partial charge in [0.15, 0.2) is 0 Å². The van der Waals surface area contributed by atoms with E-state index in [1.165, 1.54) is 24.3 Å². The summed E-state index contributed by atoms with van der Waals surface area (Å²) in [4.78, 5) is 32.8. The van der Waals surface area contributed by atoms with Crippen molar-refractivity contribution in [3.8, 4) is 5.75 Å². The van der Waals surface area contributed by atoms with E-state index in [1.807, 2.05) is 0 Å². The summed E-state index contributed by atoms with van der Waals surface area (Å²) in [6.45, 7) is -0.0478. The Morgan fingerprint density at radius 2 is 2.05 bits per heavy atom. The molecular formula is C10H11BN3O4P. The monoisotopic (exact) mass is 279 g/mol. The summed E-state index contributed by atoms with van der Waals surface area (Å²) in [6, 6.07) is 5.89. The minimum absolute atomic E-state index is 0.0478. The molecule has 2 amide bonds. The van der Waals surface area contributed by atoms with Crippen molar-refractivity contribution in [2.45, 2.75) is 0 Å². The van der Waals surface area contributed by atoms with Crippen LogP contribution in [-0.4, -0.2) is 32.0 Å². The van der Waals surface area contributed by atoms with Crippen LogP contribution in [0.4, 0.5) is 4.79 Å². The van der Waals surface area contributed by atoms with Crippen LogP contribution in [0.2, 0.25) is 0 Å². The van der Waals surface area contributed by atoms with Gasteiger partial charge in [0.05, 0.1) is 0 Å². The summed E-state index contributed by atoms with van der Waals surface area (Å²) >= 11 is 0. The van der Waals surface area contributed by atoms with Gasteiger partial charge in [0.2, 0.25) is 0 Å². The second kappa shape index (κ2) is 8.10. The molecule has 0 spiro atoms. The molecule has 1 atom stereocenters. The van der Waals surface area contributed by atoms with Gasteiger partial charge in [0, 0.05) is 0 Å². The van der Waals surface area contributed by atoms with Gasteiger partial charge in [-0.2, -0.15) is 0 Å². The molecule has 0 saturated carbocycles. The minimum atomic E-state index is -0.690. The second-order valence-corrected chi connectivity index (χ2v) is 3.51. The van der Waals surface area contributed by atoms with Crippen molar-refractivity contribution < 1.29 is 19.1 Å². The molecule has 0 aliphatic rings. The number of aldehydes is 1. The molecule has 7 nitrogen and oxygen atoms in total. The van der Waals surface area contributed by atoms with Crippen molar-refractivity contribution in [3.05, 3.63) is 29.8 Å². The quantitative estimate of drug-likeness (QED) is 0.460. The first-order valence-electron chi connectivity index (χ1n) is 5.19. The summed E-state index contributed by atoms with van der Waals surface area (Å²) in [7, 11) is 3.22. The van der Waals surface area contributed by atoms with Crippen LogP contribution in [0.15, 0.2) is 28.9 Å². The third kappa shape index (κ3) is 5.39. The number of nitrogens with zero attached hydrogens (tertiary/aromatic N) is 1. The van der Waals surface area contributed by atoms with Crippen molar-refractivity contribution in [2.75, 3.05) is 6.54 Å². The predicted octanol–water partition coefficient (Wildman–Crippen LogP) is 0.297. The number of hydrogen-bond donors (Lipinski definition) is 2. The Morgan fingerprint density at radius 1 is 1.37 bits per heavy atom. The van der Waals surface area contributed by atoms with E-state index in [4.69, 9.17) is 4.74 Å². The summed E-state index contributed by atoms with van der Waals surface area (Å²) in [5.41, 5.74) is 0.362. The fraction of sp³-hybridized carbons (Fsp3) is 0.100. The van der Waals surface area contributed by atoms with E-state index in [2.05, 4.69) is 24.6 Å². The Kier molecular flexibility index (Phi) is 6.39. The molecule has 0 saturated heterocycles. The van der Waals surface area contributed by atoms with E-state index >= 15 is 0 Å². The standard InChI is InChI=1S/C10H11BN3O4P/c15-6-5-12-9(16)7-1-3-8(4-2-7)18-10(17)13-11-14-19/h1-4,6H,5,19H2,(H,12,16)(H,13,17). The van der Waals surface area contributed by atoms with E-state index in [0.717, 1.165) is 7.21 Å². The molecule has 98 valence electrons. The number of ether oxygens (including phenoxy) is 1. The van der Waals surface area contributed by atoms with Gasteiger partial charge in [-0.15, -0.1) is 0 Å². The maximum atomic E-state index is 11.5. The Hall–Kier alpha value is -2.08. The van der Waals surface area contributed by atoms with Gasteiger partial charge in [0.1, 0.15) is 0 Å². The molecule has 9 heteroatoms. The van der Waals surface area contributed by atoms with Crippen molar-refractivity contribution >= 4 is 34.9 Å². The summed E-state index contributed by atoms with van der Waals surface area (Å²) in [5, 5.41) is 4.64. The molecule has 1 rings (SSSR count). The second-order valence-electron chi connectivity index (χ2n) is 3.21. The molecule has 0 aliphatic carbocycles. The molecule has 0 bridgehead atoms. The average Bonchev–Trinajstić information content (AvgIpc) is 2.43. The van der Waals surface area contributed by atoms with Gasteiger partial charge >= 0.3 is 111 Å². The zero-order chi connectivity index (χ0) is 14.1. The number of benzene rings is 1. The topological polar surface area (TPSA) is 96.9 Å². The molecule has 0 radical (unpaired) electrons. The number of hydrogen-bond acceptors (Lipinski definition) is 5. The molecule has 1 unspecified atom stereocenters. The van der Waals surface area contributed by atoms with E-state index in [0.29, 0.717) is 11.8 Å². The van der Waals surface area contributed by atoms with E-state index < -0.39 is 6.09 Å². The molecule has 1 aromatic rings. The molecule has 1 aromatic carbocycles. The number of nitrogens with one attached hydrogen (secondary N) is 2. The van der Waals surface area contributed by atoms with Crippen molar-refractivity contribution in [1.29, 1.82) is 0 Å². The average molecular weight is 279 g/mol. The predicted molar refractivity (Wildman–Crippen MR) is 71.9 cm³/mol. The van der Waals surface area contributed by atoms with Crippen LogP contribution in [-0.2, 0) is 4.79 Å². The summed E-state index contributed by atoms with van der Waals surface area (Å²) < 4.78 is 8.38. The first kappa shape index (κ1) is 15.0. The maximum absolute atomic E-state index is 11.5. The molecule has 0 heterocycles. The van der Waals surface area contributed by atoms with Gasteiger partial charge in [-0.3, -0.25) is 0 Å². The van der Waals surface area contributed by atoms with E-state index in [-0.39, 0.29) is 18.2 Å². The van der Waals surface area contributed by atoms with Crippen LogP contribution in [0.3, 0.4) is 0 Å². The van der Waals surface area contributed by atoms with Crippen LogP contribution in [0.1, 0.15) is 10.4 Å². The Morgan fingerprint density at radius 3 is 2.63 bits per heavy atom. The van der Waals surface area contributed by atoms with Crippen molar-refractivity contribution in [1.82, 2.24) is 10.5 Å². The van der Waals surface area contributed by atoms with E-state index in [1.54, 1.807) is 0 Å². The van der Waals surface area contributed by atoms with Gasteiger partial charge < -0.3 is 0 Å². The fourth-order valence-electron chi connectivity index (χ4n) is 1.14. The summed E-state index contributed by atoms with van der Waals surface area (Å²) in [5.74, 6) is -0.0974. The third-order valence-corrected chi connectivity index (χ3v) is 2.08. The van der Waals surface area contributed by atoms with Gasteiger partial charge in [-0.25, -0.2) is 0 Å². The van der Waals surface area contributed by atoms with Gasteiger partial charge in [-0.05, 0) is 0 Å². The van der Waals surface area contributed by atoms with Crippen LogP contribution in [0.25, 0.3) is 0 Å². The number of carbonyl (C=O) groups is 3. The van der Waals surface area contributed by atoms with Gasteiger partial charge in [-0.1, -0.05) is 0 Å². The Bertz CT molecular complexity index is 492. The van der Waals surface area contributed by atoms with Crippen LogP contribution in [0, 0.1) is 0 Å². The molecule has 0 aliphatic heterocycles. The first-order chi connectivity index (χ1) is 9.17. The Labute approximate surface area is 112 Å². The normalized spacial score (nSPS) is 9.53. The fourth-order valence-corrected chi connectivity index (χ4v) is 1.21. The zero-order valence-corrected chi connectivity index (χ0v) is 11.0. The number of amides is 2. The van der Waals surface area contributed by atoms with Gasteiger partial charge in [0.25, 0.3) is 0 Å². The van der Waals surface area contributed by atoms with E-state index in [9.17, 15) is 14.4 Å². The SMILES string of the molecule is O=CCNC(=O)c1ccc(OC(=O)N/B=N/P)cc1. The number of rotatable bonds is 5. The molecular weight excluding hydrogens is 268 g/mol. The number of carbonyl (C=O) groups excluding carboxylic acids is 3. The van der Waals surface area contributed by atoms with Crippen molar-refractivity contribution in [3.63, 3.8) is 0 Å². The molecule has 19 heavy (non-hydrogen) atoms.